The SMILES string of the molecule is Cc1ccc(Cc2nsc(N3CCN(C(=O)c4ccc(F)cc4)CC3)n2)cc1. The molecule has 4 rings (SSSR count). The van der Waals surface area contributed by atoms with Crippen molar-refractivity contribution in [2.45, 2.75) is 13.3 Å². The highest BCUT2D eigenvalue weighted by Gasteiger charge is 2.24. The van der Waals surface area contributed by atoms with Crippen LogP contribution in [0.15, 0.2) is 48.5 Å². The molecule has 2 aromatic carbocycles. The van der Waals surface area contributed by atoms with E-state index in [9.17, 15) is 9.18 Å². The summed E-state index contributed by atoms with van der Waals surface area (Å²) in [6.07, 6.45) is 0.722. The second kappa shape index (κ2) is 8.06. The van der Waals surface area contributed by atoms with Crippen LogP contribution in [0, 0.1) is 12.7 Å². The van der Waals surface area contributed by atoms with Crippen molar-refractivity contribution in [1.82, 2.24) is 14.3 Å². The first-order valence-electron chi connectivity index (χ1n) is 9.26. The summed E-state index contributed by atoms with van der Waals surface area (Å²) in [4.78, 5) is 21.2. The summed E-state index contributed by atoms with van der Waals surface area (Å²) in [5.41, 5.74) is 2.96. The van der Waals surface area contributed by atoms with E-state index in [2.05, 4.69) is 45.4 Å². The Hall–Kier alpha value is -2.80. The van der Waals surface area contributed by atoms with Crippen LogP contribution in [0.3, 0.4) is 0 Å². The maximum absolute atomic E-state index is 13.0. The Morgan fingerprint density at radius 2 is 1.71 bits per heavy atom. The molecule has 1 amide bonds. The lowest BCUT2D eigenvalue weighted by atomic mass is 10.1. The van der Waals surface area contributed by atoms with E-state index in [1.54, 1.807) is 4.90 Å². The number of anilines is 1. The van der Waals surface area contributed by atoms with E-state index in [1.807, 2.05) is 0 Å². The Morgan fingerprint density at radius 3 is 2.39 bits per heavy atom. The third-order valence-corrected chi connectivity index (χ3v) is 5.68. The highest BCUT2D eigenvalue weighted by Crippen LogP contribution is 2.21. The van der Waals surface area contributed by atoms with Crippen LogP contribution in [0.5, 0.6) is 0 Å². The van der Waals surface area contributed by atoms with Crippen LogP contribution in [0.4, 0.5) is 9.52 Å². The molecular formula is C21H21FN4OS. The molecule has 0 aliphatic carbocycles. The molecule has 0 bridgehead atoms. The van der Waals surface area contributed by atoms with Gasteiger partial charge in [-0.05, 0) is 36.8 Å². The van der Waals surface area contributed by atoms with Crippen molar-refractivity contribution in [2.75, 3.05) is 31.1 Å². The second-order valence-corrected chi connectivity index (χ2v) is 7.67. The van der Waals surface area contributed by atoms with E-state index in [-0.39, 0.29) is 11.7 Å². The third kappa shape index (κ3) is 4.20. The highest BCUT2D eigenvalue weighted by atomic mass is 32.1. The fraction of sp³-hybridized carbons (Fsp3) is 0.286. The van der Waals surface area contributed by atoms with Crippen LogP contribution in [-0.4, -0.2) is 46.3 Å². The molecule has 1 aliphatic heterocycles. The van der Waals surface area contributed by atoms with Crippen molar-refractivity contribution < 1.29 is 9.18 Å². The summed E-state index contributed by atoms with van der Waals surface area (Å²) in [6, 6.07) is 14.1. The van der Waals surface area contributed by atoms with Crippen molar-refractivity contribution in [3.8, 4) is 0 Å². The summed E-state index contributed by atoms with van der Waals surface area (Å²) in [7, 11) is 0. The normalized spacial score (nSPS) is 14.4. The minimum atomic E-state index is -0.334. The molecule has 144 valence electrons. The third-order valence-electron chi connectivity index (χ3n) is 4.87. The first-order chi connectivity index (χ1) is 13.6. The summed E-state index contributed by atoms with van der Waals surface area (Å²) in [5, 5.41) is 0.899. The quantitative estimate of drug-likeness (QED) is 0.677. The fourth-order valence-corrected chi connectivity index (χ4v) is 3.95. The largest absolute Gasteiger partial charge is 0.343 e. The highest BCUT2D eigenvalue weighted by molar-refractivity contribution is 7.09. The van der Waals surface area contributed by atoms with Gasteiger partial charge in [-0.15, -0.1) is 0 Å². The van der Waals surface area contributed by atoms with Crippen LogP contribution >= 0.6 is 11.5 Å². The van der Waals surface area contributed by atoms with Gasteiger partial charge in [-0.25, -0.2) is 9.37 Å². The van der Waals surface area contributed by atoms with Crippen LogP contribution in [0.1, 0.15) is 27.3 Å². The summed E-state index contributed by atoms with van der Waals surface area (Å²) in [6.45, 7) is 4.73. The Bertz CT molecular complexity index is 947. The number of aromatic nitrogens is 2. The van der Waals surface area contributed by atoms with Gasteiger partial charge in [-0.1, -0.05) is 29.8 Å². The zero-order valence-electron chi connectivity index (χ0n) is 15.6. The molecule has 0 saturated carbocycles. The Morgan fingerprint density at radius 1 is 1.04 bits per heavy atom. The average molecular weight is 396 g/mol. The molecule has 3 aromatic rings. The predicted octanol–water partition coefficient (Wildman–Crippen LogP) is 3.54. The van der Waals surface area contributed by atoms with E-state index in [1.165, 1.54) is 46.9 Å². The van der Waals surface area contributed by atoms with E-state index < -0.39 is 0 Å². The van der Waals surface area contributed by atoms with Gasteiger partial charge in [0.25, 0.3) is 5.91 Å². The standard InChI is InChI=1S/C21H21FN4OS/c1-15-2-4-16(5-3-15)14-19-23-21(28-24-19)26-12-10-25(11-13-26)20(27)17-6-8-18(22)9-7-17/h2-9H,10-14H2,1H3. The van der Waals surface area contributed by atoms with Gasteiger partial charge in [-0.2, -0.15) is 4.37 Å². The molecule has 0 radical (unpaired) electrons. The van der Waals surface area contributed by atoms with Gasteiger partial charge in [0, 0.05) is 49.7 Å². The molecule has 0 unspecified atom stereocenters. The fourth-order valence-electron chi connectivity index (χ4n) is 3.21. The van der Waals surface area contributed by atoms with E-state index in [4.69, 9.17) is 0 Å². The zero-order valence-corrected chi connectivity index (χ0v) is 16.5. The molecule has 0 spiro atoms. The van der Waals surface area contributed by atoms with Crippen LogP contribution in [-0.2, 0) is 6.42 Å². The van der Waals surface area contributed by atoms with Gasteiger partial charge in [0.05, 0.1) is 0 Å². The van der Waals surface area contributed by atoms with Gasteiger partial charge < -0.3 is 9.80 Å². The smallest absolute Gasteiger partial charge is 0.253 e. The number of amides is 1. The molecule has 0 N–H and O–H groups in total. The maximum atomic E-state index is 13.0. The van der Waals surface area contributed by atoms with Crippen LogP contribution < -0.4 is 4.90 Å². The molecular weight excluding hydrogens is 375 g/mol. The second-order valence-electron chi connectivity index (χ2n) is 6.94. The predicted molar refractivity (Wildman–Crippen MR) is 108 cm³/mol. The number of carbonyl (C=O) groups excluding carboxylic acids is 1. The van der Waals surface area contributed by atoms with Gasteiger partial charge in [0.1, 0.15) is 11.6 Å². The number of rotatable bonds is 4. The first-order valence-corrected chi connectivity index (χ1v) is 10.0. The molecule has 1 aromatic heterocycles. The molecule has 5 nitrogen and oxygen atoms in total. The van der Waals surface area contributed by atoms with Crippen molar-refractivity contribution in [1.29, 1.82) is 0 Å². The molecule has 1 aliphatic rings. The molecule has 28 heavy (non-hydrogen) atoms. The minimum Gasteiger partial charge on any atom is -0.343 e. The minimum absolute atomic E-state index is 0.0584. The van der Waals surface area contributed by atoms with E-state index >= 15 is 0 Å². The molecule has 1 saturated heterocycles. The number of hydrogen-bond donors (Lipinski definition) is 0. The average Bonchev–Trinajstić information content (AvgIpc) is 3.18. The molecule has 7 heteroatoms. The number of halogens is 1. The van der Waals surface area contributed by atoms with Crippen molar-refractivity contribution in [3.05, 3.63) is 76.9 Å². The Labute approximate surface area is 167 Å². The van der Waals surface area contributed by atoms with E-state index in [0.29, 0.717) is 31.7 Å². The number of aryl methyl sites for hydroxylation is 1. The zero-order chi connectivity index (χ0) is 19.5. The lowest BCUT2D eigenvalue weighted by Crippen LogP contribution is -2.48. The molecule has 2 heterocycles. The van der Waals surface area contributed by atoms with Crippen molar-refractivity contribution >= 4 is 22.6 Å². The number of benzene rings is 2. The van der Waals surface area contributed by atoms with Gasteiger partial charge in [0.15, 0.2) is 0 Å². The summed E-state index contributed by atoms with van der Waals surface area (Å²) >= 11 is 1.41. The van der Waals surface area contributed by atoms with E-state index in [0.717, 1.165) is 17.4 Å². The van der Waals surface area contributed by atoms with Crippen molar-refractivity contribution in [3.63, 3.8) is 0 Å². The number of hydrogen-bond acceptors (Lipinski definition) is 5. The van der Waals surface area contributed by atoms with Gasteiger partial charge in [-0.3, -0.25) is 4.79 Å². The monoisotopic (exact) mass is 396 g/mol. The summed E-state index contributed by atoms with van der Waals surface area (Å²) in [5.74, 6) is 0.435. The number of piperazine rings is 1. The molecule has 0 atom stereocenters. The Kier molecular flexibility index (Phi) is 5.34. The first kappa shape index (κ1) is 18.6. The topological polar surface area (TPSA) is 49.3 Å². The lowest BCUT2D eigenvalue weighted by molar-refractivity contribution is 0.0746. The maximum Gasteiger partial charge on any atom is 0.253 e. The van der Waals surface area contributed by atoms with Crippen molar-refractivity contribution in [2.24, 2.45) is 0 Å². The summed E-state index contributed by atoms with van der Waals surface area (Å²) < 4.78 is 17.5. The molecule has 1 fully saturated rings. The van der Waals surface area contributed by atoms with Crippen LogP contribution in [0.25, 0.3) is 0 Å². The number of carbonyl (C=O) groups is 1. The lowest BCUT2D eigenvalue weighted by Gasteiger charge is -2.34. The van der Waals surface area contributed by atoms with Gasteiger partial charge in [0.2, 0.25) is 5.13 Å². The van der Waals surface area contributed by atoms with Gasteiger partial charge >= 0.3 is 0 Å². The van der Waals surface area contributed by atoms with Crippen LogP contribution in [0.2, 0.25) is 0 Å². The number of nitrogens with zero attached hydrogens (tertiary/aromatic N) is 4. The Balaban J connectivity index is 1.35.